The summed E-state index contributed by atoms with van der Waals surface area (Å²) >= 11 is 0. The van der Waals surface area contributed by atoms with Gasteiger partial charge in [0, 0.05) is 30.3 Å². The first-order chi connectivity index (χ1) is 12.0. The number of benzene rings is 2. The summed E-state index contributed by atoms with van der Waals surface area (Å²) in [7, 11) is 0. The lowest BCUT2D eigenvalue weighted by atomic mass is 10.0. The van der Waals surface area contributed by atoms with E-state index in [0.717, 1.165) is 29.5 Å². The zero-order valence-electron chi connectivity index (χ0n) is 14.8. The summed E-state index contributed by atoms with van der Waals surface area (Å²) in [6, 6.07) is 15.4. The lowest BCUT2D eigenvalue weighted by Gasteiger charge is -2.32. The first kappa shape index (κ1) is 17.2. The van der Waals surface area contributed by atoms with E-state index in [-0.39, 0.29) is 17.9 Å². The molecular weight excluding hydrogens is 312 g/mol. The average molecular weight is 336 g/mol. The van der Waals surface area contributed by atoms with Crippen molar-refractivity contribution in [2.24, 2.45) is 0 Å². The Morgan fingerprint density at radius 2 is 1.72 bits per heavy atom. The summed E-state index contributed by atoms with van der Waals surface area (Å²) in [6.45, 7) is 5.28. The quantitative estimate of drug-likeness (QED) is 0.934. The highest BCUT2D eigenvalue weighted by Crippen LogP contribution is 2.17. The number of likely N-dealkylation sites (tertiary alicyclic amines) is 1. The second-order valence-electron chi connectivity index (χ2n) is 6.72. The van der Waals surface area contributed by atoms with Gasteiger partial charge in [0.2, 0.25) is 0 Å². The van der Waals surface area contributed by atoms with Crippen LogP contribution in [0.4, 0.5) is 0 Å². The third-order valence-corrected chi connectivity index (χ3v) is 4.77. The van der Waals surface area contributed by atoms with Crippen LogP contribution in [-0.2, 0) is 0 Å². The molecule has 0 aliphatic carbocycles. The zero-order chi connectivity index (χ0) is 17.8. The van der Waals surface area contributed by atoms with Gasteiger partial charge < -0.3 is 10.2 Å². The molecule has 0 atom stereocenters. The Hall–Kier alpha value is -2.62. The predicted molar refractivity (Wildman–Crippen MR) is 98.7 cm³/mol. The summed E-state index contributed by atoms with van der Waals surface area (Å²) < 4.78 is 0. The molecule has 1 fully saturated rings. The van der Waals surface area contributed by atoms with Gasteiger partial charge in [0.25, 0.3) is 11.8 Å². The Labute approximate surface area is 148 Å². The van der Waals surface area contributed by atoms with E-state index in [1.165, 1.54) is 0 Å². The summed E-state index contributed by atoms with van der Waals surface area (Å²) in [5.74, 6) is 0.0499. The highest BCUT2D eigenvalue weighted by Gasteiger charge is 2.25. The normalized spacial score (nSPS) is 15.0. The monoisotopic (exact) mass is 336 g/mol. The van der Waals surface area contributed by atoms with Crippen molar-refractivity contribution in [2.45, 2.75) is 32.7 Å². The molecule has 2 amide bonds. The average Bonchev–Trinajstić information content (AvgIpc) is 2.62. The maximum atomic E-state index is 12.6. The fraction of sp³-hybridized carbons (Fsp3) is 0.333. The molecule has 1 aliphatic rings. The van der Waals surface area contributed by atoms with Crippen LogP contribution in [0.15, 0.2) is 48.5 Å². The zero-order valence-corrected chi connectivity index (χ0v) is 14.8. The van der Waals surface area contributed by atoms with Gasteiger partial charge in [0.15, 0.2) is 0 Å². The molecule has 4 heteroatoms. The molecule has 2 aromatic rings. The number of rotatable bonds is 3. The van der Waals surface area contributed by atoms with E-state index in [1.807, 2.05) is 67.3 Å². The van der Waals surface area contributed by atoms with Gasteiger partial charge in [-0.2, -0.15) is 0 Å². The van der Waals surface area contributed by atoms with Gasteiger partial charge in [0.1, 0.15) is 0 Å². The summed E-state index contributed by atoms with van der Waals surface area (Å²) in [4.78, 5) is 26.9. The molecule has 0 unspecified atom stereocenters. The molecular formula is C21H24N2O2. The van der Waals surface area contributed by atoms with E-state index in [1.54, 1.807) is 0 Å². The number of aryl methyl sites for hydroxylation is 2. The molecule has 0 radical (unpaired) electrons. The van der Waals surface area contributed by atoms with Crippen LogP contribution in [0.25, 0.3) is 0 Å². The molecule has 1 saturated heterocycles. The number of nitrogens with zero attached hydrogens (tertiary/aromatic N) is 1. The number of hydrogen-bond acceptors (Lipinski definition) is 2. The van der Waals surface area contributed by atoms with Crippen LogP contribution in [0.5, 0.6) is 0 Å². The third-order valence-electron chi connectivity index (χ3n) is 4.77. The second-order valence-corrected chi connectivity index (χ2v) is 6.72. The molecule has 1 aliphatic heterocycles. The highest BCUT2D eigenvalue weighted by molar-refractivity contribution is 5.96. The van der Waals surface area contributed by atoms with Gasteiger partial charge >= 0.3 is 0 Å². The Morgan fingerprint density at radius 3 is 2.40 bits per heavy atom. The number of carbonyl (C=O) groups is 2. The number of carbonyl (C=O) groups excluding carboxylic acids is 2. The van der Waals surface area contributed by atoms with Crippen LogP contribution in [0, 0.1) is 13.8 Å². The predicted octanol–water partition coefficient (Wildman–Crippen LogP) is 3.34. The van der Waals surface area contributed by atoms with Crippen LogP contribution in [0.3, 0.4) is 0 Å². The van der Waals surface area contributed by atoms with Crippen molar-refractivity contribution in [3.63, 3.8) is 0 Å². The highest BCUT2D eigenvalue weighted by atomic mass is 16.2. The Kier molecular flexibility index (Phi) is 5.17. The Bertz CT molecular complexity index is 777. The minimum atomic E-state index is -0.0348. The van der Waals surface area contributed by atoms with Crippen molar-refractivity contribution in [2.75, 3.05) is 13.1 Å². The number of hydrogen-bond donors (Lipinski definition) is 1. The molecule has 1 heterocycles. The van der Waals surface area contributed by atoms with E-state index in [9.17, 15) is 9.59 Å². The van der Waals surface area contributed by atoms with Crippen molar-refractivity contribution < 1.29 is 9.59 Å². The van der Waals surface area contributed by atoms with Gasteiger partial charge in [-0.3, -0.25) is 9.59 Å². The minimum absolute atomic E-state index is 0.0348. The van der Waals surface area contributed by atoms with Gasteiger partial charge in [0.05, 0.1) is 0 Å². The molecule has 25 heavy (non-hydrogen) atoms. The van der Waals surface area contributed by atoms with Crippen LogP contribution < -0.4 is 5.32 Å². The van der Waals surface area contributed by atoms with Gasteiger partial charge in [-0.25, -0.2) is 0 Å². The Balaban J connectivity index is 1.56. The molecule has 4 nitrogen and oxygen atoms in total. The first-order valence-electron chi connectivity index (χ1n) is 8.77. The van der Waals surface area contributed by atoms with E-state index < -0.39 is 0 Å². The van der Waals surface area contributed by atoms with Crippen molar-refractivity contribution in [1.82, 2.24) is 10.2 Å². The largest absolute Gasteiger partial charge is 0.349 e. The van der Waals surface area contributed by atoms with E-state index in [2.05, 4.69) is 5.32 Å². The number of nitrogens with one attached hydrogen (secondary N) is 1. The molecule has 1 N–H and O–H groups in total. The smallest absolute Gasteiger partial charge is 0.254 e. The lowest BCUT2D eigenvalue weighted by Crippen LogP contribution is -2.46. The van der Waals surface area contributed by atoms with Crippen LogP contribution in [0.1, 0.15) is 44.7 Å². The van der Waals surface area contributed by atoms with E-state index in [4.69, 9.17) is 0 Å². The van der Waals surface area contributed by atoms with Crippen molar-refractivity contribution in [3.8, 4) is 0 Å². The van der Waals surface area contributed by atoms with Crippen LogP contribution in [-0.4, -0.2) is 35.8 Å². The first-order valence-corrected chi connectivity index (χ1v) is 8.77. The molecule has 2 aromatic carbocycles. The third kappa shape index (κ3) is 4.08. The SMILES string of the molecule is Cc1cccc(C(=O)NC2CCN(C(=O)c3ccccc3C)CC2)c1. The standard InChI is InChI=1S/C21H24N2O2/c1-15-6-5-8-17(14-15)20(24)22-18-10-12-23(13-11-18)21(25)19-9-4-3-7-16(19)2/h3-9,14,18H,10-13H2,1-2H3,(H,22,24). The lowest BCUT2D eigenvalue weighted by molar-refractivity contribution is 0.0697. The van der Waals surface area contributed by atoms with E-state index in [0.29, 0.717) is 18.7 Å². The maximum Gasteiger partial charge on any atom is 0.254 e. The summed E-state index contributed by atoms with van der Waals surface area (Å²) in [5, 5.41) is 3.10. The fourth-order valence-corrected chi connectivity index (χ4v) is 3.27. The second kappa shape index (κ2) is 7.51. The van der Waals surface area contributed by atoms with Crippen molar-refractivity contribution in [3.05, 3.63) is 70.8 Å². The molecule has 0 saturated carbocycles. The minimum Gasteiger partial charge on any atom is -0.349 e. The summed E-state index contributed by atoms with van der Waals surface area (Å²) in [5.41, 5.74) is 3.54. The van der Waals surface area contributed by atoms with Crippen molar-refractivity contribution in [1.29, 1.82) is 0 Å². The maximum absolute atomic E-state index is 12.6. The number of amides is 2. The van der Waals surface area contributed by atoms with E-state index >= 15 is 0 Å². The molecule has 3 rings (SSSR count). The topological polar surface area (TPSA) is 49.4 Å². The fourth-order valence-electron chi connectivity index (χ4n) is 3.27. The molecule has 0 aromatic heterocycles. The van der Waals surface area contributed by atoms with Crippen LogP contribution in [0.2, 0.25) is 0 Å². The van der Waals surface area contributed by atoms with Crippen molar-refractivity contribution >= 4 is 11.8 Å². The Morgan fingerprint density at radius 1 is 1.00 bits per heavy atom. The summed E-state index contributed by atoms with van der Waals surface area (Å²) in [6.07, 6.45) is 1.57. The molecule has 130 valence electrons. The van der Waals surface area contributed by atoms with Gasteiger partial charge in [-0.05, 0) is 50.5 Å². The molecule has 0 spiro atoms. The van der Waals surface area contributed by atoms with Gasteiger partial charge in [-0.15, -0.1) is 0 Å². The van der Waals surface area contributed by atoms with Gasteiger partial charge in [-0.1, -0.05) is 35.9 Å². The molecule has 0 bridgehead atoms. The van der Waals surface area contributed by atoms with Crippen LogP contribution >= 0.6 is 0 Å². The number of piperidine rings is 1.